The molecule has 0 saturated carbocycles. The van der Waals surface area contributed by atoms with Crippen LogP contribution in [-0.2, 0) is 20.2 Å². The van der Waals surface area contributed by atoms with E-state index in [-0.39, 0.29) is 18.5 Å². The van der Waals surface area contributed by atoms with Crippen LogP contribution in [0.15, 0.2) is 66.1 Å². The minimum Gasteiger partial charge on any atom is -0.309 e. The second-order valence-electron chi connectivity index (χ2n) is 9.55. The Balaban J connectivity index is 1.85. The van der Waals surface area contributed by atoms with Crippen molar-refractivity contribution >= 4 is 39.4 Å². The summed E-state index contributed by atoms with van der Waals surface area (Å²) in [5, 5.41) is 9.30. The predicted molar refractivity (Wildman–Crippen MR) is 147 cm³/mol. The van der Waals surface area contributed by atoms with Gasteiger partial charge in [0.25, 0.3) is 0 Å². The molecule has 1 amide bonds. The maximum atomic E-state index is 13.1. The van der Waals surface area contributed by atoms with E-state index in [0.717, 1.165) is 28.8 Å². The summed E-state index contributed by atoms with van der Waals surface area (Å²) in [5.74, 6) is 0.0123. The molecule has 7 nitrogen and oxygen atoms in total. The molecule has 0 bridgehead atoms. The van der Waals surface area contributed by atoms with Gasteiger partial charge in [-0.2, -0.15) is 9.40 Å². The standard InChI is InChI=1S/C27H33ClN4O3S/c1-5-6-17-31(36(34,35)18-16-21-10-8-7-9-11-21)20-26(33)29-25-19-24(27(2,3)4)30-32(25)23-14-12-22(28)13-15-23/h7-16,18-19H,5-6,17,20H2,1-4H3,(H,29,33). The summed E-state index contributed by atoms with van der Waals surface area (Å²) >= 11 is 6.04. The normalized spacial score (nSPS) is 12.4. The van der Waals surface area contributed by atoms with E-state index in [2.05, 4.69) is 5.32 Å². The van der Waals surface area contributed by atoms with Crippen molar-refractivity contribution in [2.75, 3.05) is 18.4 Å². The summed E-state index contributed by atoms with van der Waals surface area (Å²) < 4.78 is 29.0. The van der Waals surface area contributed by atoms with Crippen molar-refractivity contribution in [3.05, 3.63) is 82.4 Å². The first kappa shape index (κ1) is 27.6. The molecule has 0 aliphatic carbocycles. The Kier molecular flexibility index (Phi) is 9.11. The van der Waals surface area contributed by atoms with Crippen LogP contribution in [0.5, 0.6) is 0 Å². The highest BCUT2D eigenvalue weighted by Crippen LogP contribution is 2.27. The highest BCUT2D eigenvalue weighted by molar-refractivity contribution is 7.92. The van der Waals surface area contributed by atoms with Crippen LogP contribution in [0.3, 0.4) is 0 Å². The number of hydrogen-bond acceptors (Lipinski definition) is 4. The van der Waals surface area contributed by atoms with Crippen molar-refractivity contribution in [2.24, 2.45) is 0 Å². The Bertz CT molecular complexity index is 1300. The Hall–Kier alpha value is -2.94. The maximum absolute atomic E-state index is 13.1. The number of aromatic nitrogens is 2. The van der Waals surface area contributed by atoms with Gasteiger partial charge in [-0.05, 0) is 42.3 Å². The van der Waals surface area contributed by atoms with Crippen LogP contribution in [0, 0.1) is 0 Å². The Morgan fingerprint density at radius 1 is 1.11 bits per heavy atom. The molecule has 0 spiro atoms. The SMILES string of the molecule is CCCCN(CC(=O)Nc1cc(C(C)(C)C)nn1-c1ccc(Cl)cc1)S(=O)(=O)C=Cc1ccccc1. The van der Waals surface area contributed by atoms with Gasteiger partial charge in [-0.3, -0.25) is 4.79 Å². The molecule has 2 aromatic carbocycles. The molecule has 0 atom stereocenters. The summed E-state index contributed by atoms with van der Waals surface area (Å²) in [6, 6.07) is 18.1. The number of hydrogen-bond donors (Lipinski definition) is 1. The van der Waals surface area contributed by atoms with Gasteiger partial charge in [-0.1, -0.05) is 76.0 Å². The summed E-state index contributed by atoms with van der Waals surface area (Å²) in [6.45, 7) is 8.01. The van der Waals surface area contributed by atoms with Crippen molar-refractivity contribution in [1.29, 1.82) is 0 Å². The minimum absolute atomic E-state index is 0.245. The van der Waals surface area contributed by atoms with Crippen LogP contribution in [0.1, 0.15) is 51.8 Å². The zero-order valence-corrected chi connectivity index (χ0v) is 22.7. The fourth-order valence-electron chi connectivity index (χ4n) is 3.40. The molecule has 0 fully saturated rings. The highest BCUT2D eigenvalue weighted by atomic mass is 35.5. The van der Waals surface area contributed by atoms with Gasteiger partial charge in [-0.15, -0.1) is 0 Å². The molecule has 3 aromatic rings. The van der Waals surface area contributed by atoms with Crippen molar-refractivity contribution in [3.8, 4) is 5.69 Å². The van der Waals surface area contributed by atoms with Gasteiger partial charge in [0.05, 0.1) is 17.9 Å². The van der Waals surface area contributed by atoms with E-state index in [1.807, 2.05) is 76.2 Å². The van der Waals surface area contributed by atoms with Crippen LogP contribution < -0.4 is 5.32 Å². The molecule has 1 aromatic heterocycles. The lowest BCUT2D eigenvalue weighted by Crippen LogP contribution is -2.37. The first-order valence-electron chi connectivity index (χ1n) is 11.9. The number of carbonyl (C=O) groups is 1. The molecule has 3 rings (SSSR count). The third-order valence-electron chi connectivity index (χ3n) is 5.49. The van der Waals surface area contributed by atoms with E-state index < -0.39 is 15.9 Å². The summed E-state index contributed by atoms with van der Waals surface area (Å²) in [6.07, 6.45) is 2.98. The van der Waals surface area contributed by atoms with Crippen LogP contribution >= 0.6 is 11.6 Å². The number of anilines is 1. The Labute approximate surface area is 218 Å². The largest absolute Gasteiger partial charge is 0.309 e. The van der Waals surface area contributed by atoms with Crippen LogP contribution in [0.4, 0.5) is 5.82 Å². The lowest BCUT2D eigenvalue weighted by atomic mass is 9.92. The summed E-state index contributed by atoms with van der Waals surface area (Å²) in [4.78, 5) is 13.1. The number of nitrogens with zero attached hydrogens (tertiary/aromatic N) is 3. The first-order chi connectivity index (χ1) is 17.0. The lowest BCUT2D eigenvalue weighted by Gasteiger charge is -2.20. The second kappa shape index (κ2) is 11.9. The van der Waals surface area contributed by atoms with E-state index in [1.54, 1.807) is 16.8 Å². The van der Waals surface area contributed by atoms with Crippen molar-refractivity contribution in [3.63, 3.8) is 0 Å². The third kappa shape index (κ3) is 7.53. The average molecular weight is 529 g/mol. The van der Waals surface area contributed by atoms with Gasteiger partial charge in [0.1, 0.15) is 5.82 Å². The topological polar surface area (TPSA) is 84.3 Å². The number of nitrogens with one attached hydrogen (secondary N) is 1. The molecular formula is C27H33ClN4O3S. The molecule has 0 unspecified atom stereocenters. The molecule has 1 heterocycles. The van der Waals surface area contributed by atoms with Gasteiger partial charge >= 0.3 is 0 Å². The molecule has 1 N–H and O–H groups in total. The van der Waals surface area contributed by atoms with Crippen LogP contribution in [0.25, 0.3) is 11.8 Å². The van der Waals surface area contributed by atoms with E-state index in [1.165, 1.54) is 10.4 Å². The average Bonchev–Trinajstić information content (AvgIpc) is 3.26. The number of amides is 1. The second-order valence-corrected chi connectivity index (χ2v) is 11.8. The number of halogens is 1. The van der Waals surface area contributed by atoms with Crippen molar-refractivity contribution in [1.82, 2.24) is 14.1 Å². The number of carbonyl (C=O) groups excluding carboxylic acids is 1. The van der Waals surface area contributed by atoms with Gasteiger partial charge in [0, 0.05) is 28.5 Å². The number of unbranched alkanes of at least 4 members (excludes halogenated alkanes) is 1. The fourth-order valence-corrected chi connectivity index (χ4v) is 4.71. The molecule has 36 heavy (non-hydrogen) atoms. The summed E-state index contributed by atoms with van der Waals surface area (Å²) in [7, 11) is -3.81. The fraction of sp³-hybridized carbons (Fsp3) is 0.333. The van der Waals surface area contributed by atoms with E-state index in [0.29, 0.717) is 17.3 Å². The maximum Gasteiger partial charge on any atom is 0.240 e. The van der Waals surface area contributed by atoms with Gasteiger partial charge in [-0.25, -0.2) is 13.1 Å². The zero-order chi connectivity index (χ0) is 26.3. The number of benzene rings is 2. The number of rotatable bonds is 10. The summed E-state index contributed by atoms with van der Waals surface area (Å²) in [5.41, 5.74) is 2.03. The van der Waals surface area contributed by atoms with E-state index >= 15 is 0 Å². The van der Waals surface area contributed by atoms with Gasteiger partial charge in [0.15, 0.2) is 0 Å². The number of sulfonamides is 1. The van der Waals surface area contributed by atoms with Crippen LogP contribution in [0.2, 0.25) is 5.02 Å². The minimum atomic E-state index is -3.81. The molecule has 0 radical (unpaired) electrons. The molecule has 0 saturated heterocycles. The molecular weight excluding hydrogens is 496 g/mol. The van der Waals surface area contributed by atoms with E-state index in [9.17, 15) is 13.2 Å². The lowest BCUT2D eigenvalue weighted by molar-refractivity contribution is -0.116. The Morgan fingerprint density at radius 3 is 2.39 bits per heavy atom. The highest BCUT2D eigenvalue weighted by Gasteiger charge is 2.25. The molecule has 9 heteroatoms. The quantitative estimate of drug-likeness (QED) is 0.357. The van der Waals surface area contributed by atoms with Gasteiger partial charge in [0.2, 0.25) is 15.9 Å². The molecule has 192 valence electrons. The van der Waals surface area contributed by atoms with Crippen molar-refractivity contribution < 1.29 is 13.2 Å². The van der Waals surface area contributed by atoms with E-state index in [4.69, 9.17) is 16.7 Å². The third-order valence-corrected chi connectivity index (χ3v) is 7.25. The Morgan fingerprint density at radius 2 is 1.78 bits per heavy atom. The molecule has 0 aliphatic rings. The van der Waals surface area contributed by atoms with Crippen LogP contribution in [-0.4, -0.2) is 41.5 Å². The first-order valence-corrected chi connectivity index (χ1v) is 13.8. The predicted octanol–water partition coefficient (Wildman–Crippen LogP) is 5.86. The monoisotopic (exact) mass is 528 g/mol. The smallest absolute Gasteiger partial charge is 0.240 e. The van der Waals surface area contributed by atoms with Crippen molar-refractivity contribution in [2.45, 2.75) is 46.0 Å². The molecule has 0 aliphatic heterocycles. The zero-order valence-electron chi connectivity index (χ0n) is 21.1. The van der Waals surface area contributed by atoms with Gasteiger partial charge < -0.3 is 5.32 Å².